The fraction of sp³-hybridized carbons (Fsp3) is 0.583. The summed E-state index contributed by atoms with van der Waals surface area (Å²) < 4.78 is 0. The predicted octanol–water partition coefficient (Wildman–Crippen LogP) is 4.24. The zero-order valence-electron chi connectivity index (χ0n) is 19.1. The van der Waals surface area contributed by atoms with Crippen LogP contribution < -0.4 is 5.32 Å². The van der Waals surface area contributed by atoms with Crippen molar-refractivity contribution in [3.8, 4) is 0 Å². The summed E-state index contributed by atoms with van der Waals surface area (Å²) in [5.74, 6) is -1.69. The minimum Gasteiger partial charge on any atom is -0.324 e. The first-order valence-electron chi connectivity index (χ1n) is 11.2. The van der Waals surface area contributed by atoms with E-state index in [9.17, 15) is 19.2 Å². The molecule has 1 saturated carbocycles. The van der Waals surface area contributed by atoms with Crippen molar-refractivity contribution in [3.63, 3.8) is 0 Å². The molecule has 31 heavy (non-hydrogen) atoms. The Morgan fingerprint density at radius 3 is 2.13 bits per heavy atom. The molecule has 1 aliphatic carbocycles. The zero-order chi connectivity index (χ0) is 22.9. The second-order valence-electron chi connectivity index (χ2n) is 9.35. The number of anilines is 1. The molecule has 7 heteroatoms. The van der Waals surface area contributed by atoms with Gasteiger partial charge in [0.15, 0.2) is 0 Å². The molecule has 0 spiro atoms. The summed E-state index contributed by atoms with van der Waals surface area (Å²) in [4.78, 5) is 52.8. The van der Waals surface area contributed by atoms with Crippen LogP contribution in [-0.2, 0) is 14.4 Å². The maximum atomic E-state index is 12.9. The number of para-hydroxylation sites is 1. The van der Waals surface area contributed by atoms with Gasteiger partial charge in [0.25, 0.3) is 0 Å². The average Bonchev–Trinajstić information content (AvgIpc) is 2.91. The van der Waals surface area contributed by atoms with E-state index in [0.717, 1.165) is 45.9 Å². The molecule has 1 aromatic rings. The molecule has 2 fully saturated rings. The number of hydrogen-bond donors (Lipinski definition) is 1. The van der Waals surface area contributed by atoms with Gasteiger partial charge in [0.05, 0.1) is 0 Å². The highest BCUT2D eigenvalue weighted by Gasteiger charge is 2.49. The van der Waals surface area contributed by atoms with E-state index in [0.29, 0.717) is 6.42 Å². The zero-order valence-corrected chi connectivity index (χ0v) is 19.1. The number of imide groups is 2. The third-order valence-electron chi connectivity index (χ3n) is 6.42. The first-order valence-corrected chi connectivity index (χ1v) is 11.2. The molecule has 2 atom stereocenters. The number of benzene rings is 1. The Morgan fingerprint density at radius 2 is 1.58 bits per heavy atom. The van der Waals surface area contributed by atoms with Crippen molar-refractivity contribution >= 4 is 29.4 Å². The summed E-state index contributed by atoms with van der Waals surface area (Å²) in [6.45, 7) is 9.72. The number of rotatable bonds is 6. The second kappa shape index (κ2) is 9.20. The number of carbonyl (C=O) groups is 4. The van der Waals surface area contributed by atoms with E-state index in [2.05, 4.69) is 5.32 Å². The molecular weight excluding hydrogens is 394 g/mol. The average molecular weight is 428 g/mol. The van der Waals surface area contributed by atoms with Crippen molar-refractivity contribution < 1.29 is 19.2 Å². The van der Waals surface area contributed by atoms with Crippen LogP contribution in [0, 0.1) is 5.92 Å². The number of amides is 5. The molecule has 0 bridgehead atoms. The molecule has 2 aliphatic rings. The molecular formula is C24H33N3O4. The van der Waals surface area contributed by atoms with Crippen LogP contribution in [0.4, 0.5) is 10.5 Å². The standard InChI is InChI=1S/C24H33N3O4/c1-14(2)17-10-8-11-18(15(3)4)21(17)25-20(28)13-26-22(29)23(30)27(24(26)31)19-12-7-6-9-16(19)5/h8,10-11,14-16,19H,6-7,9,12-13H2,1-5H3,(H,25,28)/t16-,19+/m0/s1. The van der Waals surface area contributed by atoms with Gasteiger partial charge in [-0.1, -0.05) is 65.7 Å². The largest absolute Gasteiger partial charge is 0.334 e. The van der Waals surface area contributed by atoms with Gasteiger partial charge < -0.3 is 5.32 Å². The molecule has 168 valence electrons. The molecule has 1 saturated heterocycles. The number of nitrogens with zero attached hydrogens (tertiary/aromatic N) is 2. The van der Waals surface area contributed by atoms with Crippen LogP contribution in [0.2, 0.25) is 0 Å². The van der Waals surface area contributed by atoms with E-state index in [4.69, 9.17) is 0 Å². The Hall–Kier alpha value is -2.70. The van der Waals surface area contributed by atoms with Crippen molar-refractivity contribution in [2.45, 2.75) is 78.2 Å². The van der Waals surface area contributed by atoms with Gasteiger partial charge >= 0.3 is 17.8 Å². The van der Waals surface area contributed by atoms with Crippen molar-refractivity contribution in [2.75, 3.05) is 11.9 Å². The second-order valence-corrected chi connectivity index (χ2v) is 9.35. The smallest absolute Gasteiger partial charge is 0.324 e. The van der Waals surface area contributed by atoms with Gasteiger partial charge in [-0.05, 0) is 41.7 Å². The topological polar surface area (TPSA) is 86.8 Å². The molecule has 0 radical (unpaired) electrons. The van der Waals surface area contributed by atoms with Crippen LogP contribution >= 0.6 is 0 Å². The number of carbonyl (C=O) groups excluding carboxylic acids is 4. The van der Waals surface area contributed by atoms with Crippen LogP contribution in [0.5, 0.6) is 0 Å². The summed E-state index contributed by atoms with van der Waals surface area (Å²) in [5.41, 5.74) is 2.71. The molecule has 1 aliphatic heterocycles. The van der Waals surface area contributed by atoms with Crippen LogP contribution in [-0.4, -0.2) is 46.1 Å². The fourth-order valence-corrected chi connectivity index (χ4v) is 4.65. The lowest BCUT2D eigenvalue weighted by Gasteiger charge is -2.34. The molecule has 1 heterocycles. The van der Waals surface area contributed by atoms with Gasteiger partial charge in [0.1, 0.15) is 6.54 Å². The highest BCUT2D eigenvalue weighted by atomic mass is 16.2. The maximum absolute atomic E-state index is 12.9. The molecule has 7 nitrogen and oxygen atoms in total. The summed E-state index contributed by atoms with van der Waals surface area (Å²) in [6.07, 6.45) is 3.60. The van der Waals surface area contributed by atoms with Crippen LogP contribution in [0.15, 0.2) is 18.2 Å². The van der Waals surface area contributed by atoms with E-state index in [1.165, 1.54) is 0 Å². The quantitative estimate of drug-likeness (QED) is 0.543. The number of urea groups is 1. The van der Waals surface area contributed by atoms with Crippen molar-refractivity contribution in [2.24, 2.45) is 5.92 Å². The van der Waals surface area contributed by atoms with E-state index < -0.39 is 30.3 Å². The Kier molecular flexibility index (Phi) is 6.82. The molecule has 1 aromatic carbocycles. The molecule has 0 aromatic heterocycles. The van der Waals surface area contributed by atoms with Crippen LogP contribution in [0.25, 0.3) is 0 Å². The van der Waals surface area contributed by atoms with E-state index in [-0.39, 0.29) is 23.8 Å². The first-order chi connectivity index (χ1) is 14.6. The Morgan fingerprint density at radius 1 is 1.00 bits per heavy atom. The van der Waals surface area contributed by atoms with Crippen molar-refractivity contribution in [3.05, 3.63) is 29.3 Å². The van der Waals surface area contributed by atoms with E-state index in [1.54, 1.807) is 0 Å². The summed E-state index contributed by atoms with van der Waals surface area (Å²) in [5, 5.41) is 2.91. The number of hydrogen-bond acceptors (Lipinski definition) is 4. The van der Waals surface area contributed by atoms with E-state index in [1.807, 2.05) is 52.8 Å². The molecule has 3 rings (SSSR count). The predicted molar refractivity (Wildman–Crippen MR) is 119 cm³/mol. The Balaban J connectivity index is 1.79. The van der Waals surface area contributed by atoms with Gasteiger partial charge in [-0.2, -0.15) is 0 Å². The fourth-order valence-electron chi connectivity index (χ4n) is 4.65. The Bertz CT molecular complexity index is 867. The van der Waals surface area contributed by atoms with Crippen LogP contribution in [0.3, 0.4) is 0 Å². The van der Waals surface area contributed by atoms with Gasteiger partial charge in [-0.15, -0.1) is 0 Å². The van der Waals surface area contributed by atoms with Gasteiger partial charge in [-0.25, -0.2) is 9.69 Å². The minimum atomic E-state index is -0.917. The number of nitrogens with one attached hydrogen (secondary N) is 1. The SMILES string of the molecule is CC(C)c1cccc(C(C)C)c1NC(=O)CN1C(=O)C(=O)N([C@@H]2CCCC[C@@H]2C)C1=O. The summed E-state index contributed by atoms with van der Waals surface area (Å²) in [6, 6.07) is 4.95. The third kappa shape index (κ3) is 4.50. The maximum Gasteiger partial charge on any atom is 0.334 e. The molecule has 5 amide bonds. The Labute approximate surface area is 184 Å². The lowest BCUT2D eigenvalue weighted by Crippen LogP contribution is -2.46. The summed E-state index contributed by atoms with van der Waals surface area (Å²) >= 11 is 0. The van der Waals surface area contributed by atoms with Gasteiger partial charge in [-0.3, -0.25) is 19.3 Å². The monoisotopic (exact) mass is 427 g/mol. The highest BCUT2D eigenvalue weighted by molar-refractivity contribution is 6.45. The third-order valence-corrected chi connectivity index (χ3v) is 6.42. The van der Waals surface area contributed by atoms with Crippen molar-refractivity contribution in [1.82, 2.24) is 9.80 Å². The van der Waals surface area contributed by atoms with Crippen molar-refractivity contribution in [1.29, 1.82) is 0 Å². The molecule has 0 unspecified atom stereocenters. The van der Waals surface area contributed by atoms with E-state index >= 15 is 0 Å². The molecule has 1 N–H and O–H groups in total. The summed E-state index contributed by atoms with van der Waals surface area (Å²) in [7, 11) is 0. The first kappa shape index (κ1) is 23.0. The van der Waals surface area contributed by atoms with Gasteiger partial charge in [0.2, 0.25) is 5.91 Å². The highest BCUT2D eigenvalue weighted by Crippen LogP contribution is 2.33. The van der Waals surface area contributed by atoms with Gasteiger partial charge in [0, 0.05) is 11.7 Å². The minimum absolute atomic E-state index is 0.148. The lowest BCUT2D eigenvalue weighted by atomic mass is 9.85. The van der Waals surface area contributed by atoms with Crippen LogP contribution in [0.1, 0.15) is 83.3 Å². The lowest BCUT2D eigenvalue weighted by molar-refractivity contribution is -0.145. The normalized spacial score (nSPS) is 22.1.